The standard InChI is InChI=1S/C9H13N3O3S/c1-5-7(8(14)15)11-9(16-5)10-4-6(13)12(2)3/h4H2,1-3H3,(H,10,11)(H,14,15). The lowest BCUT2D eigenvalue weighted by Crippen LogP contribution is -2.28. The number of likely N-dealkylation sites (N-methyl/N-ethyl adjacent to an activating group) is 1. The lowest BCUT2D eigenvalue weighted by molar-refractivity contribution is -0.126. The van der Waals surface area contributed by atoms with Crippen LogP contribution in [0.2, 0.25) is 0 Å². The smallest absolute Gasteiger partial charge is 0.355 e. The highest BCUT2D eigenvalue weighted by atomic mass is 32.1. The van der Waals surface area contributed by atoms with Crippen molar-refractivity contribution in [3.8, 4) is 0 Å². The highest BCUT2D eigenvalue weighted by molar-refractivity contribution is 7.15. The largest absolute Gasteiger partial charge is 0.476 e. The molecule has 2 N–H and O–H groups in total. The number of aromatic carboxylic acids is 1. The van der Waals surface area contributed by atoms with E-state index in [1.807, 2.05) is 0 Å². The molecular formula is C9H13N3O3S. The van der Waals surface area contributed by atoms with Crippen LogP contribution in [0.25, 0.3) is 0 Å². The minimum Gasteiger partial charge on any atom is -0.476 e. The summed E-state index contributed by atoms with van der Waals surface area (Å²) in [6.07, 6.45) is 0. The van der Waals surface area contributed by atoms with Crippen LogP contribution in [0.3, 0.4) is 0 Å². The average molecular weight is 243 g/mol. The quantitative estimate of drug-likeness (QED) is 0.811. The van der Waals surface area contributed by atoms with Crippen LogP contribution in [0.5, 0.6) is 0 Å². The lowest BCUT2D eigenvalue weighted by Gasteiger charge is -2.09. The SMILES string of the molecule is Cc1sc(NCC(=O)N(C)C)nc1C(=O)O. The average Bonchev–Trinajstić information content (AvgIpc) is 2.56. The lowest BCUT2D eigenvalue weighted by atomic mass is 10.4. The number of aromatic nitrogens is 1. The van der Waals surface area contributed by atoms with Gasteiger partial charge in [0.15, 0.2) is 10.8 Å². The van der Waals surface area contributed by atoms with Crippen molar-refractivity contribution in [3.05, 3.63) is 10.6 Å². The number of carbonyl (C=O) groups excluding carboxylic acids is 1. The molecule has 1 amide bonds. The predicted molar refractivity (Wildman–Crippen MR) is 61.0 cm³/mol. The molecule has 1 rings (SSSR count). The van der Waals surface area contributed by atoms with Gasteiger partial charge in [0.2, 0.25) is 5.91 Å². The maximum absolute atomic E-state index is 11.3. The van der Waals surface area contributed by atoms with E-state index in [1.54, 1.807) is 21.0 Å². The summed E-state index contributed by atoms with van der Waals surface area (Å²) in [4.78, 5) is 27.9. The van der Waals surface area contributed by atoms with Crippen LogP contribution in [-0.2, 0) is 4.79 Å². The fraction of sp³-hybridized carbons (Fsp3) is 0.444. The van der Waals surface area contributed by atoms with Gasteiger partial charge in [-0.3, -0.25) is 4.79 Å². The zero-order chi connectivity index (χ0) is 12.3. The second-order valence-electron chi connectivity index (χ2n) is 3.37. The predicted octanol–water partition coefficient (Wildman–Crippen LogP) is 0.650. The van der Waals surface area contributed by atoms with Gasteiger partial charge in [-0.1, -0.05) is 0 Å². The van der Waals surface area contributed by atoms with Gasteiger partial charge in [-0.2, -0.15) is 0 Å². The van der Waals surface area contributed by atoms with Gasteiger partial charge in [0, 0.05) is 19.0 Å². The first-order chi connectivity index (χ1) is 7.41. The van der Waals surface area contributed by atoms with Gasteiger partial charge in [-0.05, 0) is 6.92 Å². The number of anilines is 1. The maximum Gasteiger partial charge on any atom is 0.355 e. The Hall–Kier alpha value is -1.63. The van der Waals surface area contributed by atoms with Crippen molar-refractivity contribution >= 4 is 28.3 Å². The number of carboxylic acids is 1. The number of nitrogens with one attached hydrogen (secondary N) is 1. The van der Waals surface area contributed by atoms with Crippen LogP contribution in [-0.4, -0.2) is 47.5 Å². The topological polar surface area (TPSA) is 82.5 Å². The van der Waals surface area contributed by atoms with Gasteiger partial charge < -0.3 is 15.3 Å². The number of hydrogen-bond acceptors (Lipinski definition) is 5. The van der Waals surface area contributed by atoms with E-state index in [1.165, 1.54) is 16.2 Å². The Morgan fingerprint density at radius 3 is 2.56 bits per heavy atom. The van der Waals surface area contributed by atoms with Crippen LogP contribution >= 0.6 is 11.3 Å². The van der Waals surface area contributed by atoms with E-state index in [0.29, 0.717) is 10.0 Å². The molecule has 16 heavy (non-hydrogen) atoms. The zero-order valence-corrected chi connectivity index (χ0v) is 10.1. The number of rotatable bonds is 4. The Bertz CT molecular complexity index is 414. The summed E-state index contributed by atoms with van der Waals surface area (Å²) in [7, 11) is 3.31. The van der Waals surface area contributed by atoms with Crippen LogP contribution in [0.15, 0.2) is 0 Å². The van der Waals surface area contributed by atoms with Crippen LogP contribution < -0.4 is 5.32 Å². The third-order valence-electron chi connectivity index (χ3n) is 1.89. The molecule has 0 spiro atoms. The highest BCUT2D eigenvalue weighted by Crippen LogP contribution is 2.21. The van der Waals surface area contributed by atoms with Gasteiger partial charge in [0.1, 0.15) is 0 Å². The molecule has 0 radical (unpaired) electrons. The summed E-state index contributed by atoms with van der Waals surface area (Å²) in [6.45, 7) is 1.79. The Balaban J connectivity index is 2.65. The van der Waals surface area contributed by atoms with Crippen LogP contribution in [0, 0.1) is 6.92 Å². The molecule has 6 nitrogen and oxygen atoms in total. The molecule has 1 aromatic heterocycles. The first-order valence-corrected chi connectivity index (χ1v) is 5.38. The van der Waals surface area contributed by atoms with Crippen molar-refractivity contribution in [3.63, 3.8) is 0 Å². The Morgan fingerprint density at radius 1 is 1.50 bits per heavy atom. The number of amides is 1. The molecule has 7 heteroatoms. The van der Waals surface area contributed by atoms with Gasteiger partial charge in [-0.25, -0.2) is 9.78 Å². The second kappa shape index (κ2) is 4.93. The minimum absolute atomic E-state index is 0.0322. The first-order valence-electron chi connectivity index (χ1n) is 4.56. The molecule has 0 aliphatic rings. The molecule has 0 unspecified atom stereocenters. The number of hydrogen-bond donors (Lipinski definition) is 2. The molecule has 0 aliphatic heterocycles. The minimum atomic E-state index is -1.05. The van der Waals surface area contributed by atoms with E-state index in [2.05, 4.69) is 10.3 Å². The molecule has 0 bridgehead atoms. The summed E-state index contributed by atoms with van der Waals surface area (Å²) in [5.74, 6) is -1.15. The zero-order valence-electron chi connectivity index (χ0n) is 9.27. The maximum atomic E-state index is 11.3. The molecule has 0 saturated heterocycles. The van der Waals surface area contributed by atoms with E-state index in [-0.39, 0.29) is 18.1 Å². The van der Waals surface area contributed by atoms with E-state index < -0.39 is 5.97 Å². The fourth-order valence-electron chi connectivity index (χ4n) is 0.980. The molecule has 0 atom stereocenters. The van der Waals surface area contributed by atoms with Gasteiger partial charge in [-0.15, -0.1) is 11.3 Å². The number of thiazole rings is 1. The number of carbonyl (C=O) groups is 2. The molecular weight excluding hydrogens is 230 g/mol. The summed E-state index contributed by atoms with van der Waals surface area (Å²) < 4.78 is 0. The van der Waals surface area contributed by atoms with Gasteiger partial charge >= 0.3 is 5.97 Å². The van der Waals surface area contributed by atoms with Crippen molar-refractivity contribution in [2.45, 2.75) is 6.92 Å². The van der Waals surface area contributed by atoms with E-state index >= 15 is 0 Å². The first kappa shape index (κ1) is 12.4. The second-order valence-corrected chi connectivity index (χ2v) is 4.57. The summed E-state index contributed by atoms with van der Waals surface area (Å²) >= 11 is 1.22. The molecule has 0 aromatic carbocycles. The van der Waals surface area contributed by atoms with Crippen molar-refractivity contribution in [1.29, 1.82) is 0 Å². The van der Waals surface area contributed by atoms with Gasteiger partial charge in [0.25, 0.3) is 0 Å². The van der Waals surface area contributed by atoms with Crippen molar-refractivity contribution in [1.82, 2.24) is 9.88 Å². The molecule has 0 saturated carbocycles. The number of nitrogens with zero attached hydrogens (tertiary/aromatic N) is 2. The third-order valence-corrected chi connectivity index (χ3v) is 2.82. The Labute approximate surface area is 96.9 Å². The van der Waals surface area contributed by atoms with E-state index in [0.717, 1.165) is 0 Å². The summed E-state index contributed by atoms with van der Waals surface area (Å²) in [6, 6.07) is 0. The summed E-state index contributed by atoms with van der Waals surface area (Å²) in [5, 5.41) is 12.0. The Morgan fingerprint density at radius 2 is 2.12 bits per heavy atom. The highest BCUT2D eigenvalue weighted by Gasteiger charge is 2.14. The molecule has 88 valence electrons. The van der Waals surface area contributed by atoms with E-state index in [9.17, 15) is 9.59 Å². The van der Waals surface area contributed by atoms with E-state index in [4.69, 9.17) is 5.11 Å². The van der Waals surface area contributed by atoms with Crippen LogP contribution in [0.4, 0.5) is 5.13 Å². The molecule has 1 aromatic rings. The monoisotopic (exact) mass is 243 g/mol. The molecule has 0 aliphatic carbocycles. The molecule has 0 fully saturated rings. The van der Waals surface area contributed by atoms with Crippen molar-refractivity contribution < 1.29 is 14.7 Å². The van der Waals surface area contributed by atoms with Gasteiger partial charge in [0.05, 0.1) is 6.54 Å². The van der Waals surface area contributed by atoms with Crippen LogP contribution in [0.1, 0.15) is 15.4 Å². The summed E-state index contributed by atoms with van der Waals surface area (Å²) in [5.41, 5.74) is 0.0322. The van der Waals surface area contributed by atoms with Crippen molar-refractivity contribution in [2.75, 3.05) is 26.0 Å². The Kier molecular flexibility index (Phi) is 3.83. The number of carboxylic acid groups (broad SMARTS) is 1. The molecule has 1 heterocycles. The normalized spacial score (nSPS) is 9.94. The number of aryl methyl sites for hydroxylation is 1. The van der Waals surface area contributed by atoms with Crippen molar-refractivity contribution in [2.24, 2.45) is 0 Å². The third kappa shape index (κ3) is 2.93. The fourth-order valence-corrected chi connectivity index (χ4v) is 1.78.